The van der Waals surface area contributed by atoms with Crippen molar-refractivity contribution in [2.45, 2.75) is 85.7 Å². The predicted molar refractivity (Wildman–Crippen MR) is 213 cm³/mol. The minimum Gasteiger partial charge on any atom is -0.507 e. The number of phenolic OH excluding ortho intramolecular Hbond substituents is 1. The maximum absolute atomic E-state index is 11.8. The van der Waals surface area contributed by atoms with E-state index in [2.05, 4.69) is 16.6 Å². The fourth-order valence-corrected chi connectivity index (χ4v) is 6.71. The van der Waals surface area contributed by atoms with Gasteiger partial charge in [-0.3, -0.25) is 14.9 Å². The number of carbonyl (C=O) groups is 3. The third-order valence-electron chi connectivity index (χ3n) is 8.47. The summed E-state index contributed by atoms with van der Waals surface area (Å²) >= 11 is 1.03. The first-order valence-electron chi connectivity index (χ1n) is 17.5. The van der Waals surface area contributed by atoms with Crippen molar-refractivity contribution >= 4 is 46.3 Å². The number of carbonyl (C=O) groups excluding carboxylic acids is 3. The average molecular weight is 750 g/mol. The SMILES string of the molecule is C=C1CC(C)(COc2ccc3nc(COc4ccc(CC5SC(=O)NC5=O)cc4)n(C)c3c2)Oc2c(C)c(C)c(O)c(C)c21.C=O.CC.CC.COC. The number of fused-ring (bicyclic) bond motifs is 2. The Morgan fingerprint density at radius 3 is 2.17 bits per heavy atom. The number of hydrogen-bond acceptors (Lipinski definition) is 10. The molecular weight excluding hydrogens is 695 g/mol. The van der Waals surface area contributed by atoms with E-state index in [0.717, 1.165) is 67.8 Å². The monoisotopic (exact) mass is 749 g/mol. The first-order chi connectivity index (χ1) is 25.3. The van der Waals surface area contributed by atoms with Crippen molar-refractivity contribution in [3.63, 3.8) is 0 Å². The van der Waals surface area contributed by atoms with Gasteiger partial charge < -0.3 is 33.4 Å². The zero-order chi connectivity index (χ0) is 40.0. The van der Waals surface area contributed by atoms with Crippen LogP contribution < -0.4 is 19.5 Å². The lowest BCUT2D eigenvalue weighted by molar-refractivity contribution is -0.119. The molecule has 0 spiro atoms. The number of rotatable bonds is 8. The summed E-state index contributed by atoms with van der Waals surface area (Å²) in [6.07, 6.45) is 1.06. The predicted octanol–water partition coefficient (Wildman–Crippen LogP) is 8.44. The molecule has 1 fully saturated rings. The quantitative estimate of drug-likeness (QED) is 0.181. The Morgan fingerprint density at radius 1 is 0.981 bits per heavy atom. The molecule has 11 nitrogen and oxygen atoms in total. The smallest absolute Gasteiger partial charge is 0.286 e. The molecule has 53 heavy (non-hydrogen) atoms. The lowest BCUT2D eigenvalue weighted by atomic mass is 9.84. The Hall–Kier alpha value is -4.81. The second-order valence-corrected chi connectivity index (χ2v) is 13.4. The summed E-state index contributed by atoms with van der Waals surface area (Å²) in [5, 5.41) is 12.2. The van der Waals surface area contributed by atoms with Gasteiger partial charge in [-0.25, -0.2) is 4.98 Å². The van der Waals surface area contributed by atoms with E-state index in [-0.39, 0.29) is 17.8 Å². The topological polar surface area (TPSA) is 138 Å². The van der Waals surface area contributed by atoms with Crippen molar-refractivity contribution in [3.8, 4) is 23.0 Å². The molecule has 3 aromatic carbocycles. The zero-order valence-corrected chi connectivity index (χ0v) is 33.8. The molecule has 6 rings (SSSR count). The number of imidazole rings is 1. The fraction of sp³-hybridized carbons (Fsp3) is 0.415. The molecular formula is C41H55N3O8S. The van der Waals surface area contributed by atoms with Crippen LogP contribution in [0.5, 0.6) is 23.0 Å². The number of thioether (sulfide) groups is 1. The van der Waals surface area contributed by atoms with Gasteiger partial charge in [-0.15, -0.1) is 0 Å². The third-order valence-corrected chi connectivity index (χ3v) is 9.45. The van der Waals surface area contributed by atoms with Crippen molar-refractivity contribution in [3.05, 3.63) is 82.7 Å². The normalized spacial score (nSPS) is 16.9. The second-order valence-electron chi connectivity index (χ2n) is 12.2. The highest BCUT2D eigenvalue weighted by Gasteiger charge is 2.37. The molecule has 1 aromatic heterocycles. The van der Waals surface area contributed by atoms with E-state index in [1.807, 2.05) is 116 Å². The molecule has 288 valence electrons. The van der Waals surface area contributed by atoms with Gasteiger partial charge in [0.1, 0.15) is 54.4 Å². The largest absolute Gasteiger partial charge is 0.507 e. The summed E-state index contributed by atoms with van der Waals surface area (Å²) in [6, 6.07) is 13.3. The van der Waals surface area contributed by atoms with E-state index < -0.39 is 10.9 Å². The highest BCUT2D eigenvalue weighted by molar-refractivity contribution is 8.15. The number of aromatic hydroxyl groups is 1. The van der Waals surface area contributed by atoms with E-state index in [0.29, 0.717) is 36.7 Å². The summed E-state index contributed by atoms with van der Waals surface area (Å²) in [5.41, 5.74) is 6.40. The van der Waals surface area contributed by atoms with E-state index in [4.69, 9.17) is 24.0 Å². The Labute approximate surface area is 318 Å². The molecule has 2 aliphatic heterocycles. The van der Waals surface area contributed by atoms with Crippen molar-refractivity contribution in [2.24, 2.45) is 7.05 Å². The minimum absolute atomic E-state index is 0.244. The van der Waals surface area contributed by atoms with Crippen LogP contribution in [0, 0.1) is 20.8 Å². The fourth-order valence-electron chi connectivity index (χ4n) is 5.85. The van der Waals surface area contributed by atoms with E-state index >= 15 is 0 Å². The van der Waals surface area contributed by atoms with Crippen LogP contribution in [0.1, 0.15) is 74.7 Å². The van der Waals surface area contributed by atoms with Crippen LogP contribution in [0.4, 0.5) is 4.79 Å². The van der Waals surface area contributed by atoms with Crippen molar-refractivity contribution in [2.75, 3.05) is 20.8 Å². The number of hydrogen-bond donors (Lipinski definition) is 2. The van der Waals surface area contributed by atoms with Crippen LogP contribution >= 0.6 is 11.8 Å². The van der Waals surface area contributed by atoms with Crippen LogP contribution in [-0.2, 0) is 34.4 Å². The summed E-state index contributed by atoms with van der Waals surface area (Å²) in [7, 11) is 5.20. The number of imide groups is 1. The summed E-state index contributed by atoms with van der Waals surface area (Å²) in [4.78, 5) is 36.0. The van der Waals surface area contributed by atoms with Gasteiger partial charge in [0.25, 0.3) is 5.24 Å². The summed E-state index contributed by atoms with van der Waals surface area (Å²) in [6.45, 7) is 22.7. The molecule has 2 N–H and O–H groups in total. The third kappa shape index (κ3) is 10.6. The first kappa shape index (κ1) is 44.4. The van der Waals surface area contributed by atoms with Gasteiger partial charge in [0, 0.05) is 44.9 Å². The van der Waals surface area contributed by atoms with Gasteiger partial charge in [-0.05, 0) is 80.6 Å². The van der Waals surface area contributed by atoms with Crippen molar-refractivity contribution < 1.29 is 38.4 Å². The standard InChI is InChI=1S/C34H35N3O6S.C2H6O.2C2H6.CH2O/c1-18-15-34(5,43-31-20(3)19(2)30(38)21(4)29(18)31)17-42-24-11-12-25-26(14-24)37(6)28(35-25)16-41-23-9-7-22(8-10-23)13-27-32(39)36-33(40)44-27;1-3-2;3*1-2/h7-12,14,27,38H,1,13,15-17H2,2-6H3,(H,36,39,40);1-2H3;2*1-2H3;1H2. The zero-order valence-electron chi connectivity index (χ0n) is 33.0. The second kappa shape index (κ2) is 20.4. The number of aryl methyl sites for hydroxylation is 1. The van der Waals surface area contributed by atoms with Gasteiger partial charge in [0.15, 0.2) is 0 Å². The molecule has 0 saturated carbocycles. The van der Waals surface area contributed by atoms with Gasteiger partial charge in [0.2, 0.25) is 5.91 Å². The van der Waals surface area contributed by atoms with Gasteiger partial charge in [-0.2, -0.15) is 0 Å². The summed E-state index contributed by atoms with van der Waals surface area (Å²) in [5.74, 6) is 2.96. The number of benzene rings is 3. The molecule has 12 heteroatoms. The summed E-state index contributed by atoms with van der Waals surface area (Å²) < 4.78 is 25.1. The van der Waals surface area contributed by atoms with Crippen LogP contribution in [0.3, 0.4) is 0 Å². The molecule has 2 aliphatic rings. The maximum Gasteiger partial charge on any atom is 0.286 e. The Kier molecular flexibility index (Phi) is 17.1. The van der Waals surface area contributed by atoms with Crippen LogP contribution in [0.25, 0.3) is 16.6 Å². The lowest BCUT2D eigenvalue weighted by Gasteiger charge is -2.38. The van der Waals surface area contributed by atoms with Crippen LogP contribution in [0.2, 0.25) is 0 Å². The maximum atomic E-state index is 11.8. The number of aromatic nitrogens is 2. The number of nitrogens with one attached hydrogen (secondary N) is 1. The highest BCUT2D eigenvalue weighted by atomic mass is 32.2. The number of amides is 2. The van der Waals surface area contributed by atoms with Gasteiger partial charge in [-0.1, -0.05) is 58.2 Å². The molecule has 0 radical (unpaired) electrons. The Balaban J connectivity index is 0.000000998. The molecule has 2 atom stereocenters. The molecule has 4 aromatic rings. The van der Waals surface area contributed by atoms with Crippen molar-refractivity contribution in [1.29, 1.82) is 0 Å². The molecule has 0 aliphatic carbocycles. The number of nitrogens with zero attached hydrogens (tertiary/aromatic N) is 2. The van der Waals surface area contributed by atoms with Crippen LogP contribution in [-0.4, -0.2) is 64.3 Å². The molecule has 2 unspecified atom stereocenters. The van der Waals surface area contributed by atoms with Crippen LogP contribution in [0.15, 0.2) is 49.0 Å². The molecule has 3 heterocycles. The number of phenols is 1. The Bertz CT molecular complexity index is 1870. The number of methoxy groups -OCH3 is 1. The van der Waals surface area contributed by atoms with Crippen molar-refractivity contribution in [1.82, 2.24) is 14.9 Å². The highest BCUT2D eigenvalue weighted by Crippen LogP contribution is 2.47. The van der Waals surface area contributed by atoms with E-state index in [1.54, 1.807) is 14.2 Å². The molecule has 0 bridgehead atoms. The van der Waals surface area contributed by atoms with Gasteiger partial charge >= 0.3 is 0 Å². The van der Waals surface area contributed by atoms with Gasteiger partial charge in [0.05, 0.1) is 16.3 Å². The minimum atomic E-state index is -0.625. The van der Waals surface area contributed by atoms with E-state index in [9.17, 15) is 14.7 Å². The van der Waals surface area contributed by atoms with E-state index in [1.165, 1.54) is 0 Å². The lowest BCUT2D eigenvalue weighted by Crippen LogP contribution is -2.42. The molecule has 1 saturated heterocycles. The molecule has 2 amide bonds. The first-order valence-corrected chi connectivity index (χ1v) is 18.4. The Morgan fingerprint density at radius 2 is 1.58 bits per heavy atom. The average Bonchev–Trinajstić information content (AvgIpc) is 3.66. The number of ether oxygens (including phenoxy) is 4.